The molecule has 0 nitrogen and oxygen atoms in total. The monoisotopic (exact) mass is 286 g/mol. The second kappa shape index (κ2) is 4.98. The predicted molar refractivity (Wildman–Crippen MR) is 72.6 cm³/mol. The van der Waals surface area contributed by atoms with E-state index < -0.39 is 17.0 Å². The molecule has 0 radical (unpaired) electrons. The maximum Gasteiger partial charge on any atom is 0.131 e. The van der Waals surface area contributed by atoms with Crippen LogP contribution < -0.4 is 0 Å². The first-order chi connectivity index (χ1) is 8.40. The summed E-state index contributed by atoms with van der Waals surface area (Å²) in [5.74, 6) is -1.14. The molecule has 0 saturated heterocycles. The minimum atomic E-state index is -0.596. The molecular weight excluding hydrogens is 274 g/mol. The smallest absolute Gasteiger partial charge is 0.131 e. The van der Waals surface area contributed by atoms with Crippen LogP contribution in [0.25, 0.3) is 0 Å². The largest absolute Gasteiger partial charge is 0.207 e. The highest BCUT2D eigenvalue weighted by molar-refractivity contribution is 7.12. The standard InChI is InChI=1S/C14H13ClF2S/c1-7-5-13(18-9(7)3)14(15)10-4-8(2)11(16)6-12(10)17/h4-6,14H,1-3H3. The first-order valence-corrected chi connectivity index (χ1v) is 6.82. The molecule has 1 aromatic carbocycles. The van der Waals surface area contributed by atoms with Gasteiger partial charge in [-0.05, 0) is 44.0 Å². The van der Waals surface area contributed by atoms with E-state index in [-0.39, 0.29) is 0 Å². The van der Waals surface area contributed by atoms with E-state index in [0.29, 0.717) is 11.1 Å². The average molecular weight is 287 g/mol. The van der Waals surface area contributed by atoms with Gasteiger partial charge in [0.2, 0.25) is 0 Å². The van der Waals surface area contributed by atoms with Crippen molar-refractivity contribution in [3.05, 3.63) is 56.3 Å². The summed E-state index contributed by atoms with van der Waals surface area (Å²) >= 11 is 7.84. The van der Waals surface area contributed by atoms with Gasteiger partial charge in [-0.2, -0.15) is 0 Å². The average Bonchev–Trinajstić information content (AvgIpc) is 2.63. The fourth-order valence-corrected chi connectivity index (χ4v) is 3.16. The highest BCUT2D eigenvalue weighted by atomic mass is 35.5. The lowest BCUT2D eigenvalue weighted by molar-refractivity contribution is 0.568. The second-order valence-corrected chi connectivity index (χ2v) is 6.10. The molecule has 0 amide bonds. The van der Waals surface area contributed by atoms with Gasteiger partial charge in [-0.1, -0.05) is 0 Å². The van der Waals surface area contributed by atoms with Crippen molar-refractivity contribution < 1.29 is 8.78 Å². The topological polar surface area (TPSA) is 0 Å². The van der Waals surface area contributed by atoms with E-state index in [4.69, 9.17) is 11.6 Å². The molecular formula is C14H13ClF2S. The van der Waals surface area contributed by atoms with Crippen molar-refractivity contribution in [2.75, 3.05) is 0 Å². The Labute approximate surface area is 114 Å². The third-order valence-electron chi connectivity index (χ3n) is 2.99. The molecule has 96 valence electrons. The van der Waals surface area contributed by atoms with Crippen molar-refractivity contribution in [2.45, 2.75) is 26.1 Å². The quantitative estimate of drug-likeness (QED) is 0.659. The van der Waals surface area contributed by atoms with Crippen LogP contribution in [0.5, 0.6) is 0 Å². The van der Waals surface area contributed by atoms with Gasteiger partial charge >= 0.3 is 0 Å². The molecule has 1 unspecified atom stereocenters. The maximum absolute atomic E-state index is 13.8. The van der Waals surface area contributed by atoms with Crippen molar-refractivity contribution >= 4 is 22.9 Å². The van der Waals surface area contributed by atoms with Crippen LogP contribution in [0.1, 0.15) is 31.8 Å². The fourth-order valence-electron chi connectivity index (χ4n) is 1.75. The van der Waals surface area contributed by atoms with E-state index in [1.54, 1.807) is 18.3 Å². The molecule has 0 spiro atoms. The third-order valence-corrected chi connectivity index (χ3v) is 4.80. The van der Waals surface area contributed by atoms with Crippen LogP contribution in [0, 0.1) is 32.4 Å². The van der Waals surface area contributed by atoms with Gasteiger partial charge in [0.05, 0.1) is 5.38 Å². The molecule has 2 aromatic rings. The second-order valence-electron chi connectivity index (χ2n) is 4.37. The van der Waals surface area contributed by atoms with Gasteiger partial charge in [-0.3, -0.25) is 0 Å². The number of rotatable bonds is 2. The van der Waals surface area contributed by atoms with E-state index >= 15 is 0 Å². The van der Waals surface area contributed by atoms with Crippen LogP contribution in [-0.2, 0) is 0 Å². The molecule has 2 rings (SSSR count). The number of benzene rings is 1. The Morgan fingerprint density at radius 1 is 1.00 bits per heavy atom. The third kappa shape index (κ3) is 2.43. The molecule has 1 aromatic heterocycles. The van der Waals surface area contributed by atoms with Gasteiger partial charge in [0, 0.05) is 21.4 Å². The van der Waals surface area contributed by atoms with Crippen LogP contribution in [0.3, 0.4) is 0 Å². The highest BCUT2D eigenvalue weighted by Crippen LogP contribution is 2.37. The van der Waals surface area contributed by atoms with Crippen molar-refractivity contribution in [2.24, 2.45) is 0 Å². The summed E-state index contributed by atoms with van der Waals surface area (Å²) < 4.78 is 27.0. The van der Waals surface area contributed by atoms with Gasteiger partial charge < -0.3 is 0 Å². The van der Waals surface area contributed by atoms with Crippen LogP contribution >= 0.6 is 22.9 Å². The van der Waals surface area contributed by atoms with Gasteiger partial charge in [0.25, 0.3) is 0 Å². The van der Waals surface area contributed by atoms with Crippen LogP contribution in [0.2, 0.25) is 0 Å². The maximum atomic E-state index is 13.8. The molecule has 0 aliphatic heterocycles. The van der Waals surface area contributed by atoms with E-state index in [1.165, 1.54) is 6.07 Å². The van der Waals surface area contributed by atoms with Gasteiger partial charge in [-0.25, -0.2) is 8.78 Å². The summed E-state index contributed by atoms with van der Waals surface area (Å²) in [6, 6.07) is 4.33. The Bertz CT molecular complexity index is 570. The van der Waals surface area contributed by atoms with Gasteiger partial charge in [0.1, 0.15) is 11.6 Å². The van der Waals surface area contributed by atoms with E-state index in [9.17, 15) is 8.78 Å². The highest BCUT2D eigenvalue weighted by Gasteiger charge is 2.19. The zero-order valence-electron chi connectivity index (χ0n) is 10.4. The number of halogens is 3. The van der Waals surface area contributed by atoms with E-state index in [2.05, 4.69) is 0 Å². The normalized spacial score (nSPS) is 12.8. The lowest BCUT2D eigenvalue weighted by Crippen LogP contribution is -1.98. The van der Waals surface area contributed by atoms with Crippen molar-refractivity contribution in [1.82, 2.24) is 0 Å². The Hall–Kier alpha value is -0.930. The van der Waals surface area contributed by atoms with Crippen molar-refractivity contribution in [3.8, 4) is 0 Å². The number of thiophene rings is 1. The van der Waals surface area contributed by atoms with Crippen LogP contribution in [0.4, 0.5) is 8.78 Å². The molecule has 0 saturated carbocycles. The molecule has 1 heterocycles. The summed E-state index contributed by atoms with van der Waals surface area (Å²) in [4.78, 5) is 2.05. The molecule has 0 bridgehead atoms. The summed E-state index contributed by atoms with van der Waals surface area (Å²) in [6.07, 6.45) is 0. The number of alkyl halides is 1. The molecule has 1 atom stereocenters. The molecule has 0 fully saturated rings. The fraction of sp³-hybridized carbons (Fsp3) is 0.286. The summed E-state index contributed by atoms with van der Waals surface area (Å²) in [7, 11) is 0. The molecule has 0 aliphatic rings. The zero-order valence-corrected chi connectivity index (χ0v) is 11.9. The Balaban J connectivity index is 2.45. The summed E-state index contributed by atoms with van der Waals surface area (Å²) in [5, 5.41) is -0.568. The zero-order chi connectivity index (χ0) is 13.4. The Morgan fingerprint density at radius 2 is 1.67 bits per heavy atom. The Morgan fingerprint density at radius 3 is 2.22 bits per heavy atom. The molecule has 18 heavy (non-hydrogen) atoms. The minimum Gasteiger partial charge on any atom is -0.207 e. The minimum absolute atomic E-state index is 0.330. The first-order valence-electron chi connectivity index (χ1n) is 5.56. The summed E-state index contributed by atoms with van der Waals surface area (Å²) in [5.41, 5.74) is 1.87. The summed E-state index contributed by atoms with van der Waals surface area (Å²) in [6.45, 7) is 5.59. The number of aryl methyl sites for hydroxylation is 3. The molecule has 0 aliphatic carbocycles. The van der Waals surface area contributed by atoms with Crippen LogP contribution in [0.15, 0.2) is 18.2 Å². The van der Waals surface area contributed by atoms with Gasteiger partial charge in [-0.15, -0.1) is 22.9 Å². The molecule has 4 heteroatoms. The lowest BCUT2D eigenvalue weighted by atomic mass is 10.1. The first kappa shape index (κ1) is 13.5. The van der Waals surface area contributed by atoms with Crippen LogP contribution in [-0.4, -0.2) is 0 Å². The van der Waals surface area contributed by atoms with E-state index in [0.717, 1.165) is 21.4 Å². The number of hydrogen-bond acceptors (Lipinski definition) is 1. The van der Waals surface area contributed by atoms with Crippen molar-refractivity contribution in [3.63, 3.8) is 0 Å². The number of hydrogen-bond donors (Lipinski definition) is 0. The lowest BCUT2D eigenvalue weighted by Gasteiger charge is -2.10. The van der Waals surface area contributed by atoms with Crippen molar-refractivity contribution in [1.29, 1.82) is 0 Å². The van der Waals surface area contributed by atoms with Gasteiger partial charge in [0.15, 0.2) is 0 Å². The SMILES string of the molecule is Cc1cc(C(Cl)c2cc(C)c(C)s2)c(F)cc1F. The van der Waals surface area contributed by atoms with E-state index in [1.807, 2.05) is 19.9 Å². The Kier molecular flexibility index (Phi) is 3.74. The predicted octanol–water partition coefficient (Wildman–Crippen LogP) is 5.28. The molecule has 0 N–H and O–H groups in total.